The third-order valence-corrected chi connectivity index (χ3v) is 4.34. The quantitative estimate of drug-likeness (QED) is 0.697. The molecule has 1 fully saturated rings. The van der Waals surface area contributed by atoms with Crippen molar-refractivity contribution in [2.45, 2.75) is 45.1 Å². The van der Waals surface area contributed by atoms with Crippen LogP contribution in [0.1, 0.15) is 39.0 Å². The number of rotatable bonds is 6. The molecule has 0 bridgehead atoms. The Balaban J connectivity index is 2.22. The van der Waals surface area contributed by atoms with E-state index in [1.807, 2.05) is 0 Å². The van der Waals surface area contributed by atoms with Crippen LogP contribution in [0.4, 0.5) is 0 Å². The summed E-state index contributed by atoms with van der Waals surface area (Å²) in [5.74, 6) is 3.72. The Morgan fingerprint density at radius 3 is 2.67 bits per heavy atom. The number of thioether (sulfide) groups is 1. The zero-order chi connectivity index (χ0) is 11.1. The summed E-state index contributed by atoms with van der Waals surface area (Å²) in [6, 6.07) is 0.704. The highest BCUT2D eigenvalue weighted by Gasteiger charge is 2.17. The van der Waals surface area contributed by atoms with Crippen LogP contribution in [0.2, 0.25) is 0 Å². The molecule has 1 unspecified atom stereocenters. The predicted molar refractivity (Wildman–Crippen MR) is 71.6 cm³/mol. The van der Waals surface area contributed by atoms with Gasteiger partial charge in [-0.2, -0.15) is 11.8 Å². The van der Waals surface area contributed by atoms with E-state index >= 15 is 0 Å². The van der Waals surface area contributed by atoms with Gasteiger partial charge in [0.25, 0.3) is 0 Å². The maximum atomic E-state index is 3.98. The second-order valence-electron chi connectivity index (χ2n) is 4.77. The molecule has 88 valence electrons. The monoisotopic (exact) mass is 227 g/mol. The highest BCUT2D eigenvalue weighted by molar-refractivity contribution is 7.99. The summed E-state index contributed by atoms with van der Waals surface area (Å²) in [7, 11) is 2.10. The minimum atomic E-state index is 0.704. The van der Waals surface area contributed by atoms with Crippen LogP contribution in [0, 0.1) is 5.92 Å². The lowest BCUT2D eigenvalue weighted by Crippen LogP contribution is -2.29. The lowest BCUT2D eigenvalue weighted by molar-refractivity contribution is 0.364. The SMILES string of the molecule is C=C(C)CCC(CC1CCSCC1)NC. The van der Waals surface area contributed by atoms with Crippen LogP contribution in [0.15, 0.2) is 12.2 Å². The van der Waals surface area contributed by atoms with Crippen LogP contribution in [-0.2, 0) is 0 Å². The van der Waals surface area contributed by atoms with Gasteiger partial charge in [-0.1, -0.05) is 5.57 Å². The molecule has 0 amide bonds. The Kier molecular flexibility index (Phi) is 6.42. The molecule has 0 aromatic carbocycles. The van der Waals surface area contributed by atoms with Gasteiger partial charge in [0.15, 0.2) is 0 Å². The fourth-order valence-electron chi connectivity index (χ4n) is 2.19. The summed E-state index contributed by atoms with van der Waals surface area (Å²) in [5, 5.41) is 3.46. The zero-order valence-corrected chi connectivity index (χ0v) is 11.0. The van der Waals surface area contributed by atoms with E-state index in [1.165, 1.54) is 49.2 Å². The van der Waals surface area contributed by atoms with Crippen LogP contribution in [0.5, 0.6) is 0 Å². The molecular formula is C13H25NS. The maximum Gasteiger partial charge on any atom is 0.00697 e. The summed E-state index contributed by atoms with van der Waals surface area (Å²) >= 11 is 2.12. The molecule has 1 aliphatic heterocycles. The van der Waals surface area contributed by atoms with E-state index < -0.39 is 0 Å². The van der Waals surface area contributed by atoms with Crippen LogP contribution < -0.4 is 5.32 Å². The van der Waals surface area contributed by atoms with E-state index in [1.54, 1.807) is 0 Å². The molecule has 0 aromatic heterocycles. The van der Waals surface area contributed by atoms with E-state index in [-0.39, 0.29) is 0 Å². The van der Waals surface area contributed by atoms with Crippen molar-refractivity contribution in [2.24, 2.45) is 5.92 Å². The predicted octanol–water partition coefficient (Wildman–Crippen LogP) is 3.46. The van der Waals surface area contributed by atoms with Gasteiger partial charge in [0.05, 0.1) is 0 Å². The Hall–Kier alpha value is 0.0500. The van der Waals surface area contributed by atoms with E-state index in [9.17, 15) is 0 Å². The van der Waals surface area contributed by atoms with E-state index in [4.69, 9.17) is 0 Å². The molecular weight excluding hydrogens is 202 g/mol. The number of nitrogens with one attached hydrogen (secondary N) is 1. The van der Waals surface area contributed by atoms with Crippen LogP contribution in [0.3, 0.4) is 0 Å². The first-order valence-corrected chi connectivity index (χ1v) is 7.27. The van der Waals surface area contributed by atoms with Gasteiger partial charge in [0.1, 0.15) is 0 Å². The maximum absolute atomic E-state index is 3.98. The highest BCUT2D eigenvalue weighted by Crippen LogP contribution is 2.27. The molecule has 1 heterocycles. The van der Waals surface area contributed by atoms with Crippen LogP contribution in [0.25, 0.3) is 0 Å². The molecule has 1 atom stereocenters. The van der Waals surface area contributed by atoms with Crippen molar-refractivity contribution in [3.05, 3.63) is 12.2 Å². The highest BCUT2D eigenvalue weighted by atomic mass is 32.2. The summed E-state index contributed by atoms with van der Waals surface area (Å²) in [5.41, 5.74) is 1.31. The van der Waals surface area contributed by atoms with Gasteiger partial charge < -0.3 is 5.32 Å². The Morgan fingerprint density at radius 2 is 2.13 bits per heavy atom. The molecule has 2 heteroatoms. The first kappa shape index (κ1) is 13.1. The van der Waals surface area contributed by atoms with Crippen LogP contribution >= 0.6 is 11.8 Å². The minimum Gasteiger partial charge on any atom is -0.317 e. The number of allylic oxidation sites excluding steroid dienone is 1. The molecule has 0 aromatic rings. The summed E-state index contributed by atoms with van der Waals surface area (Å²) < 4.78 is 0. The normalized spacial score (nSPS) is 20.1. The summed E-state index contributed by atoms with van der Waals surface area (Å²) in [6.07, 6.45) is 6.65. The Labute approximate surface area is 99.1 Å². The molecule has 1 rings (SSSR count). The van der Waals surface area contributed by atoms with Gasteiger partial charge in [0.2, 0.25) is 0 Å². The number of hydrogen-bond acceptors (Lipinski definition) is 2. The molecule has 1 N–H and O–H groups in total. The summed E-state index contributed by atoms with van der Waals surface area (Å²) in [6.45, 7) is 6.11. The third kappa shape index (κ3) is 5.62. The van der Waals surface area contributed by atoms with Crippen molar-refractivity contribution in [2.75, 3.05) is 18.6 Å². The molecule has 0 spiro atoms. The van der Waals surface area contributed by atoms with E-state index in [0.717, 1.165) is 5.92 Å². The lowest BCUT2D eigenvalue weighted by atomic mass is 9.91. The zero-order valence-electron chi connectivity index (χ0n) is 10.2. The average Bonchev–Trinajstić information content (AvgIpc) is 2.25. The van der Waals surface area contributed by atoms with Gasteiger partial charge in [0, 0.05) is 6.04 Å². The topological polar surface area (TPSA) is 12.0 Å². The van der Waals surface area contributed by atoms with Gasteiger partial charge in [-0.25, -0.2) is 0 Å². The molecule has 0 aliphatic carbocycles. The largest absolute Gasteiger partial charge is 0.317 e. The first-order valence-electron chi connectivity index (χ1n) is 6.11. The third-order valence-electron chi connectivity index (χ3n) is 3.29. The fraction of sp³-hybridized carbons (Fsp3) is 0.846. The van der Waals surface area contributed by atoms with Crippen molar-refractivity contribution in [1.82, 2.24) is 5.32 Å². The molecule has 15 heavy (non-hydrogen) atoms. The van der Waals surface area contributed by atoms with Crippen molar-refractivity contribution in [3.8, 4) is 0 Å². The van der Waals surface area contributed by atoms with Gasteiger partial charge in [-0.3, -0.25) is 0 Å². The molecule has 0 radical (unpaired) electrons. The van der Waals surface area contributed by atoms with Gasteiger partial charge in [-0.05, 0) is 63.5 Å². The number of hydrogen-bond donors (Lipinski definition) is 1. The smallest absolute Gasteiger partial charge is 0.00697 e. The van der Waals surface area contributed by atoms with Crippen LogP contribution in [-0.4, -0.2) is 24.6 Å². The van der Waals surface area contributed by atoms with Crippen molar-refractivity contribution < 1.29 is 0 Å². The lowest BCUT2D eigenvalue weighted by Gasteiger charge is -2.26. The van der Waals surface area contributed by atoms with E-state index in [0.29, 0.717) is 6.04 Å². The Morgan fingerprint density at radius 1 is 1.47 bits per heavy atom. The Bertz CT molecular complexity index is 185. The molecule has 1 saturated heterocycles. The van der Waals surface area contributed by atoms with Gasteiger partial charge in [-0.15, -0.1) is 6.58 Å². The van der Waals surface area contributed by atoms with E-state index in [2.05, 4.69) is 37.6 Å². The molecule has 0 saturated carbocycles. The molecule has 1 nitrogen and oxygen atoms in total. The average molecular weight is 227 g/mol. The van der Waals surface area contributed by atoms with Gasteiger partial charge >= 0.3 is 0 Å². The standard InChI is InChI=1S/C13H25NS/c1-11(2)4-5-13(14-3)10-12-6-8-15-9-7-12/h12-14H,1,4-10H2,2-3H3. The second-order valence-corrected chi connectivity index (χ2v) is 6.00. The first-order chi connectivity index (χ1) is 7.22. The second kappa shape index (κ2) is 7.34. The minimum absolute atomic E-state index is 0.704. The van der Waals surface area contributed by atoms with Crippen molar-refractivity contribution >= 4 is 11.8 Å². The van der Waals surface area contributed by atoms with Crippen molar-refractivity contribution in [3.63, 3.8) is 0 Å². The van der Waals surface area contributed by atoms with Crippen molar-refractivity contribution in [1.29, 1.82) is 0 Å². The fourth-order valence-corrected chi connectivity index (χ4v) is 3.39. The summed E-state index contributed by atoms with van der Waals surface area (Å²) in [4.78, 5) is 0. The molecule has 1 aliphatic rings.